The summed E-state index contributed by atoms with van der Waals surface area (Å²) in [6.07, 6.45) is 2.66. The molecule has 0 nitrogen and oxygen atoms in total. The van der Waals surface area contributed by atoms with Crippen molar-refractivity contribution in [3.63, 3.8) is 0 Å². The first-order valence-electron chi connectivity index (χ1n) is 8.49. The molecule has 0 aromatic heterocycles. The van der Waals surface area contributed by atoms with Crippen molar-refractivity contribution in [3.05, 3.63) is 83.4 Å². The summed E-state index contributed by atoms with van der Waals surface area (Å²) in [4.78, 5) is 0. The molecule has 1 fully saturated rings. The van der Waals surface area contributed by atoms with E-state index in [1.165, 1.54) is 51.8 Å². The molecule has 3 aromatic carbocycles. The lowest BCUT2D eigenvalue weighted by molar-refractivity contribution is 1.13. The van der Waals surface area contributed by atoms with Crippen LogP contribution in [0.1, 0.15) is 35.4 Å². The lowest BCUT2D eigenvalue weighted by Gasteiger charge is -2.14. The maximum Gasteiger partial charge on any atom is -0.0146 e. The predicted molar refractivity (Wildman–Crippen MR) is 98.8 cm³/mol. The molecule has 4 rings (SSSR count). The molecule has 0 saturated heterocycles. The first-order chi connectivity index (χ1) is 11.2. The fourth-order valence-corrected chi connectivity index (χ4v) is 3.34. The fraction of sp³-hybridized carbons (Fsp3) is 0.217. The molecule has 0 amide bonds. The van der Waals surface area contributed by atoms with Crippen LogP contribution in [0.4, 0.5) is 0 Å². The molecule has 0 bridgehead atoms. The standard InChI is InChI=1S/C23H22/c1-16-7-9-18(10-8-16)20-13-14-22(23(15-20)19-11-12-19)21-6-4-3-5-17(21)2/h3-10,13-15,19H,11-12H2,1-2H3. The van der Waals surface area contributed by atoms with Gasteiger partial charge in [0.25, 0.3) is 0 Å². The molecule has 1 aliphatic rings. The van der Waals surface area contributed by atoms with Crippen LogP contribution in [0.15, 0.2) is 66.7 Å². The van der Waals surface area contributed by atoms with E-state index >= 15 is 0 Å². The summed E-state index contributed by atoms with van der Waals surface area (Å²) in [5, 5.41) is 0. The molecule has 0 heterocycles. The molecular weight excluding hydrogens is 276 g/mol. The van der Waals surface area contributed by atoms with E-state index in [9.17, 15) is 0 Å². The Morgan fingerprint density at radius 3 is 2.09 bits per heavy atom. The Morgan fingerprint density at radius 1 is 0.696 bits per heavy atom. The van der Waals surface area contributed by atoms with Gasteiger partial charge in [-0.1, -0.05) is 72.3 Å². The first kappa shape index (κ1) is 14.3. The molecular formula is C23H22. The Kier molecular flexibility index (Phi) is 3.53. The Hall–Kier alpha value is -2.34. The van der Waals surface area contributed by atoms with Crippen molar-refractivity contribution < 1.29 is 0 Å². The molecule has 0 radical (unpaired) electrons. The van der Waals surface area contributed by atoms with Gasteiger partial charge in [-0.2, -0.15) is 0 Å². The van der Waals surface area contributed by atoms with Gasteiger partial charge in [-0.3, -0.25) is 0 Å². The predicted octanol–water partition coefficient (Wildman–Crippen LogP) is 6.51. The smallest absolute Gasteiger partial charge is 0.0146 e. The van der Waals surface area contributed by atoms with Crippen LogP contribution in [0.3, 0.4) is 0 Å². The van der Waals surface area contributed by atoms with Crippen molar-refractivity contribution in [2.24, 2.45) is 0 Å². The van der Waals surface area contributed by atoms with E-state index < -0.39 is 0 Å². The molecule has 0 atom stereocenters. The van der Waals surface area contributed by atoms with Crippen LogP contribution < -0.4 is 0 Å². The van der Waals surface area contributed by atoms with Crippen LogP contribution in [0.5, 0.6) is 0 Å². The van der Waals surface area contributed by atoms with Gasteiger partial charge in [0, 0.05) is 0 Å². The SMILES string of the molecule is Cc1ccc(-c2ccc(-c3ccccc3C)c(C3CC3)c2)cc1. The third-order valence-electron chi connectivity index (χ3n) is 4.89. The normalized spacial score (nSPS) is 14.0. The van der Waals surface area contributed by atoms with E-state index in [0.717, 1.165) is 5.92 Å². The van der Waals surface area contributed by atoms with Crippen LogP contribution >= 0.6 is 0 Å². The Labute approximate surface area is 138 Å². The van der Waals surface area contributed by atoms with Crippen molar-refractivity contribution in [2.75, 3.05) is 0 Å². The second-order valence-electron chi connectivity index (χ2n) is 6.76. The number of rotatable bonds is 3. The average Bonchev–Trinajstić information content (AvgIpc) is 3.41. The van der Waals surface area contributed by atoms with E-state index in [0.29, 0.717) is 0 Å². The van der Waals surface area contributed by atoms with E-state index in [1.807, 2.05) is 0 Å². The summed E-state index contributed by atoms with van der Waals surface area (Å²) in [6.45, 7) is 4.35. The van der Waals surface area contributed by atoms with Gasteiger partial charge >= 0.3 is 0 Å². The van der Waals surface area contributed by atoms with Crippen LogP contribution in [0, 0.1) is 13.8 Å². The van der Waals surface area contributed by atoms with Crippen LogP contribution in [0.2, 0.25) is 0 Å². The molecule has 114 valence electrons. The Morgan fingerprint density at radius 2 is 1.39 bits per heavy atom. The van der Waals surface area contributed by atoms with Gasteiger partial charge in [0.15, 0.2) is 0 Å². The van der Waals surface area contributed by atoms with Crippen LogP contribution in [0.25, 0.3) is 22.3 Å². The summed E-state index contributed by atoms with van der Waals surface area (Å²) in [6, 6.07) is 24.6. The van der Waals surface area contributed by atoms with E-state index in [2.05, 4.69) is 80.6 Å². The highest BCUT2D eigenvalue weighted by Crippen LogP contribution is 2.46. The molecule has 0 unspecified atom stereocenters. The lowest BCUT2D eigenvalue weighted by atomic mass is 9.90. The van der Waals surface area contributed by atoms with Crippen molar-refractivity contribution in [3.8, 4) is 22.3 Å². The van der Waals surface area contributed by atoms with Gasteiger partial charge in [0.1, 0.15) is 0 Å². The molecule has 0 heteroatoms. The highest BCUT2D eigenvalue weighted by atomic mass is 14.3. The zero-order valence-electron chi connectivity index (χ0n) is 13.8. The molecule has 23 heavy (non-hydrogen) atoms. The van der Waals surface area contributed by atoms with Crippen molar-refractivity contribution in [1.82, 2.24) is 0 Å². The summed E-state index contributed by atoms with van der Waals surface area (Å²) in [5.74, 6) is 0.745. The minimum absolute atomic E-state index is 0.745. The Bertz CT molecular complexity index is 836. The molecule has 0 spiro atoms. The molecule has 0 N–H and O–H groups in total. The zero-order valence-corrected chi connectivity index (χ0v) is 13.8. The molecule has 1 aliphatic carbocycles. The topological polar surface area (TPSA) is 0 Å². The maximum atomic E-state index is 2.42. The van der Waals surface area contributed by atoms with Crippen LogP contribution in [-0.4, -0.2) is 0 Å². The minimum Gasteiger partial charge on any atom is -0.0620 e. The van der Waals surface area contributed by atoms with Gasteiger partial charge in [0.05, 0.1) is 0 Å². The van der Waals surface area contributed by atoms with E-state index in [-0.39, 0.29) is 0 Å². The molecule has 3 aromatic rings. The second kappa shape index (κ2) is 5.70. The van der Waals surface area contributed by atoms with Crippen molar-refractivity contribution in [2.45, 2.75) is 32.6 Å². The zero-order chi connectivity index (χ0) is 15.8. The number of hydrogen-bond acceptors (Lipinski definition) is 0. The third kappa shape index (κ3) is 2.82. The van der Waals surface area contributed by atoms with Crippen molar-refractivity contribution >= 4 is 0 Å². The third-order valence-corrected chi connectivity index (χ3v) is 4.89. The number of benzene rings is 3. The molecule has 1 saturated carbocycles. The first-order valence-corrected chi connectivity index (χ1v) is 8.49. The average molecular weight is 298 g/mol. The Balaban J connectivity index is 1.83. The summed E-state index contributed by atoms with van der Waals surface area (Å²) < 4.78 is 0. The number of aryl methyl sites for hydroxylation is 2. The van der Waals surface area contributed by atoms with Gasteiger partial charge in [-0.05, 0) is 66.0 Å². The van der Waals surface area contributed by atoms with Crippen LogP contribution in [-0.2, 0) is 0 Å². The van der Waals surface area contributed by atoms with Gasteiger partial charge < -0.3 is 0 Å². The number of hydrogen-bond donors (Lipinski definition) is 0. The van der Waals surface area contributed by atoms with Gasteiger partial charge in [-0.25, -0.2) is 0 Å². The minimum atomic E-state index is 0.745. The monoisotopic (exact) mass is 298 g/mol. The van der Waals surface area contributed by atoms with Gasteiger partial charge in [-0.15, -0.1) is 0 Å². The second-order valence-corrected chi connectivity index (χ2v) is 6.76. The van der Waals surface area contributed by atoms with Gasteiger partial charge in [0.2, 0.25) is 0 Å². The van der Waals surface area contributed by atoms with E-state index in [1.54, 1.807) is 0 Å². The fourth-order valence-electron chi connectivity index (χ4n) is 3.34. The summed E-state index contributed by atoms with van der Waals surface area (Å²) in [5.41, 5.74) is 9.65. The molecule has 0 aliphatic heterocycles. The maximum absolute atomic E-state index is 2.42. The summed E-state index contributed by atoms with van der Waals surface area (Å²) in [7, 11) is 0. The quantitative estimate of drug-likeness (QED) is 0.516. The lowest BCUT2D eigenvalue weighted by Crippen LogP contribution is -1.91. The van der Waals surface area contributed by atoms with E-state index in [4.69, 9.17) is 0 Å². The highest BCUT2D eigenvalue weighted by molar-refractivity contribution is 5.76. The largest absolute Gasteiger partial charge is 0.0620 e. The highest BCUT2D eigenvalue weighted by Gasteiger charge is 2.27. The summed E-state index contributed by atoms with van der Waals surface area (Å²) >= 11 is 0. The van der Waals surface area contributed by atoms with Crippen molar-refractivity contribution in [1.29, 1.82) is 0 Å².